The van der Waals surface area contributed by atoms with Gasteiger partial charge in [0.2, 0.25) is 0 Å². The molecule has 2 atom stereocenters. The van der Waals surface area contributed by atoms with E-state index in [1.807, 2.05) is 61.5 Å². The Balaban J connectivity index is 1.39. The average molecular weight is 578 g/mol. The van der Waals surface area contributed by atoms with E-state index in [2.05, 4.69) is 39.2 Å². The van der Waals surface area contributed by atoms with Crippen LogP contribution in [0.25, 0.3) is 11.3 Å². The summed E-state index contributed by atoms with van der Waals surface area (Å²) in [5.41, 5.74) is 4.81. The van der Waals surface area contributed by atoms with Gasteiger partial charge < -0.3 is 19.5 Å². The monoisotopic (exact) mass is 576 g/mol. The number of rotatable bonds is 5. The van der Waals surface area contributed by atoms with Crippen LogP contribution in [0.1, 0.15) is 48.9 Å². The number of pyridine rings is 1. The Bertz CT molecular complexity index is 1500. The van der Waals surface area contributed by atoms with E-state index in [1.165, 1.54) is 12.8 Å². The number of nitrogens with one attached hydrogen (secondary N) is 1. The lowest BCUT2D eigenvalue weighted by molar-refractivity contribution is 0.438. The number of thiocarbonyl (C=S) groups is 1. The van der Waals surface area contributed by atoms with Crippen molar-refractivity contribution >= 4 is 51.9 Å². The van der Waals surface area contributed by atoms with Crippen molar-refractivity contribution in [2.45, 2.75) is 38.8 Å². The number of piperidine rings is 1. The average Bonchev–Trinajstić information content (AvgIpc) is 3.56. The Morgan fingerprint density at radius 2 is 1.79 bits per heavy atom. The molecule has 1 N–H and O–H groups in total. The van der Waals surface area contributed by atoms with Gasteiger partial charge in [-0.1, -0.05) is 48.3 Å². The smallest absolute Gasteiger partial charge is 0.174 e. The van der Waals surface area contributed by atoms with Crippen molar-refractivity contribution in [1.29, 1.82) is 0 Å². The van der Waals surface area contributed by atoms with E-state index in [0.717, 1.165) is 63.7 Å². The van der Waals surface area contributed by atoms with E-state index in [9.17, 15) is 0 Å². The van der Waals surface area contributed by atoms with Gasteiger partial charge in [-0.3, -0.25) is 4.98 Å². The highest BCUT2D eigenvalue weighted by atomic mass is 35.5. The number of hydrogen-bond donors (Lipinski definition) is 1. The lowest BCUT2D eigenvalue weighted by Crippen LogP contribution is -2.33. The maximum absolute atomic E-state index is 6.91. The minimum absolute atomic E-state index is 0.208. The third-order valence-electron chi connectivity index (χ3n) is 7.88. The molecule has 39 heavy (non-hydrogen) atoms. The van der Waals surface area contributed by atoms with Gasteiger partial charge in [-0.25, -0.2) is 0 Å². The molecule has 2 aliphatic rings. The van der Waals surface area contributed by atoms with Gasteiger partial charge in [-0.2, -0.15) is 0 Å². The molecule has 6 rings (SSSR count). The van der Waals surface area contributed by atoms with Crippen LogP contribution in [0.5, 0.6) is 0 Å². The molecule has 0 bridgehead atoms. The zero-order chi connectivity index (χ0) is 27.1. The molecule has 200 valence electrons. The molecule has 8 heteroatoms. The highest BCUT2D eigenvalue weighted by Gasteiger charge is 2.43. The van der Waals surface area contributed by atoms with E-state index in [1.54, 1.807) is 6.20 Å². The summed E-state index contributed by atoms with van der Waals surface area (Å²) >= 11 is 19.2. The van der Waals surface area contributed by atoms with Crippen molar-refractivity contribution in [3.05, 3.63) is 100.0 Å². The van der Waals surface area contributed by atoms with Crippen LogP contribution in [0, 0.1) is 12.8 Å². The minimum atomic E-state index is -0.265. The number of benzene rings is 2. The Morgan fingerprint density at radius 3 is 2.54 bits per heavy atom. The number of anilines is 2. The molecule has 0 spiro atoms. The highest BCUT2D eigenvalue weighted by Crippen LogP contribution is 2.45. The first-order valence-electron chi connectivity index (χ1n) is 13.3. The van der Waals surface area contributed by atoms with E-state index in [0.29, 0.717) is 10.1 Å². The van der Waals surface area contributed by atoms with Gasteiger partial charge in [0.25, 0.3) is 0 Å². The summed E-state index contributed by atoms with van der Waals surface area (Å²) in [6, 6.07) is 21.5. The van der Waals surface area contributed by atoms with Gasteiger partial charge in [0.05, 0.1) is 22.4 Å². The van der Waals surface area contributed by atoms with Gasteiger partial charge in [0.1, 0.15) is 17.6 Å². The summed E-state index contributed by atoms with van der Waals surface area (Å²) in [7, 11) is 0. The molecule has 0 unspecified atom stereocenters. The molecular weight excluding hydrogens is 547 g/mol. The first-order chi connectivity index (χ1) is 18.9. The molecule has 2 fully saturated rings. The van der Waals surface area contributed by atoms with Crippen molar-refractivity contribution in [3.8, 4) is 11.3 Å². The normalized spacial score (nSPS) is 19.9. The van der Waals surface area contributed by atoms with Crippen LogP contribution in [-0.4, -0.2) is 23.2 Å². The molecule has 4 aromatic rings. The molecule has 5 nitrogen and oxygen atoms in total. The molecule has 2 aromatic heterocycles. The van der Waals surface area contributed by atoms with Crippen LogP contribution in [0.15, 0.2) is 77.3 Å². The van der Waals surface area contributed by atoms with Crippen LogP contribution < -0.4 is 15.1 Å². The second-order valence-electron chi connectivity index (χ2n) is 10.4. The zero-order valence-corrected chi connectivity index (χ0v) is 24.2. The van der Waals surface area contributed by atoms with Crippen LogP contribution in [-0.2, 0) is 0 Å². The minimum Gasteiger partial charge on any atom is -0.459 e. The molecule has 0 radical (unpaired) electrons. The summed E-state index contributed by atoms with van der Waals surface area (Å²) in [6.07, 6.45) is 4.16. The number of halogens is 2. The van der Waals surface area contributed by atoms with Crippen LogP contribution in [0.2, 0.25) is 10.0 Å². The van der Waals surface area contributed by atoms with Gasteiger partial charge in [-0.15, -0.1) is 0 Å². The lowest BCUT2D eigenvalue weighted by Gasteiger charge is -2.33. The van der Waals surface area contributed by atoms with Gasteiger partial charge in [0.15, 0.2) is 5.11 Å². The lowest BCUT2D eigenvalue weighted by atomic mass is 9.98. The first kappa shape index (κ1) is 26.2. The summed E-state index contributed by atoms with van der Waals surface area (Å²) in [4.78, 5) is 9.12. The predicted octanol–water partition coefficient (Wildman–Crippen LogP) is 8.37. The Morgan fingerprint density at radius 1 is 0.974 bits per heavy atom. The largest absolute Gasteiger partial charge is 0.459 e. The molecule has 0 aliphatic carbocycles. The second-order valence-corrected chi connectivity index (χ2v) is 11.6. The second kappa shape index (κ2) is 10.8. The fourth-order valence-electron chi connectivity index (χ4n) is 5.60. The maximum atomic E-state index is 6.91. The quantitative estimate of drug-likeness (QED) is 0.241. The first-order valence-corrected chi connectivity index (χ1v) is 14.5. The Kier molecular flexibility index (Phi) is 7.27. The molecule has 2 aliphatic heterocycles. The summed E-state index contributed by atoms with van der Waals surface area (Å²) in [6.45, 7) is 6.36. The molecule has 0 saturated carbocycles. The van der Waals surface area contributed by atoms with E-state index in [4.69, 9.17) is 39.8 Å². The SMILES string of the molecule is Cc1c(Cl)cccc1-c1ccc([C@@H]2[C@H](c3ccccn3)NC(=S)N2c2ccc(N3CCC(C)CC3)c(Cl)c2)o1. The van der Waals surface area contributed by atoms with Gasteiger partial charge in [-0.05, 0) is 92.0 Å². The number of furan rings is 1. The van der Waals surface area contributed by atoms with Crippen LogP contribution in [0.4, 0.5) is 11.4 Å². The van der Waals surface area contributed by atoms with Gasteiger partial charge >= 0.3 is 0 Å². The summed E-state index contributed by atoms with van der Waals surface area (Å²) < 4.78 is 6.53. The molecule has 2 saturated heterocycles. The molecule has 2 aromatic carbocycles. The fraction of sp³-hybridized carbons (Fsp3) is 0.290. The molecule has 0 amide bonds. The van der Waals surface area contributed by atoms with Crippen LogP contribution >= 0.6 is 35.4 Å². The molecular formula is C31H30Cl2N4OS. The summed E-state index contributed by atoms with van der Waals surface area (Å²) in [5, 5.41) is 5.53. The topological polar surface area (TPSA) is 44.5 Å². The van der Waals surface area contributed by atoms with Crippen molar-refractivity contribution in [2.75, 3.05) is 22.9 Å². The predicted molar refractivity (Wildman–Crippen MR) is 164 cm³/mol. The standard InChI is InChI=1S/C31H30Cl2N4OS/c1-19-13-16-36(17-14-19)26-10-9-21(18-24(26)33)37-30(29(35-31(37)39)25-8-3-4-15-34-25)28-12-11-27(38-28)22-6-5-7-23(32)20(22)2/h3-12,15,18-19,29-30H,13-14,16-17H2,1-2H3,(H,35,39)/t29-,30+/m0/s1. The number of aromatic nitrogens is 1. The van der Waals surface area contributed by atoms with E-state index in [-0.39, 0.29) is 12.1 Å². The van der Waals surface area contributed by atoms with E-state index < -0.39 is 0 Å². The van der Waals surface area contributed by atoms with Crippen LogP contribution in [0.3, 0.4) is 0 Å². The molecule has 4 heterocycles. The number of nitrogens with zero attached hydrogens (tertiary/aromatic N) is 3. The van der Waals surface area contributed by atoms with E-state index >= 15 is 0 Å². The summed E-state index contributed by atoms with van der Waals surface area (Å²) in [5.74, 6) is 2.29. The highest BCUT2D eigenvalue weighted by molar-refractivity contribution is 7.80. The van der Waals surface area contributed by atoms with Crippen molar-refractivity contribution in [1.82, 2.24) is 10.3 Å². The maximum Gasteiger partial charge on any atom is 0.174 e. The third-order valence-corrected chi connectivity index (χ3v) is 8.91. The van der Waals surface area contributed by atoms with Gasteiger partial charge in [0, 0.05) is 35.6 Å². The number of hydrogen-bond acceptors (Lipinski definition) is 4. The van der Waals surface area contributed by atoms with Crippen molar-refractivity contribution in [2.24, 2.45) is 5.92 Å². The third kappa shape index (κ3) is 5.02. The zero-order valence-electron chi connectivity index (χ0n) is 21.9. The fourth-order valence-corrected chi connectivity index (χ4v) is 6.42. The van der Waals surface area contributed by atoms with Crippen molar-refractivity contribution in [3.63, 3.8) is 0 Å². The van der Waals surface area contributed by atoms with Crippen molar-refractivity contribution < 1.29 is 4.42 Å². The Labute approximate surface area is 244 Å². The Hall–Kier alpha value is -3.06.